The van der Waals surface area contributed by atoms with Crippen molar-refractivity contribution >= 4 is 6.47 Å². The number of hydrogen-bond donors (Lipinski definition) is 1. The Morgan fingerprint density at radius 3 is 2.58 bits per heavy atom. The van der Waals surface area contributed by atoms with Crippen molar-refractivity contribution in [2.45, 2.75) is 20.0 Å². The summed E-state index contributed by atoms with van der Waals surface area (Å²) in [5.41, 5.74) is 3.61. The third-order valence-corrected chi connectivity index (χ3v) is 3.08. The molecule has 0 radical (unpaired) electrons. The zero-order valence-corrected chi connectivity index (χ0v) is 11.1. The van der Waals surface area contributed by atoms with Crippen LogP contribution in [0, 0.1) is 6.92 Å². The molecule has 1 N–H and O–H groups in total. The van der Waals surface area contributed by atoms with Crippen molar-refractivity contribution in [2.24, 2.45) is 0 Å². The fourth-order valence-corrected chi connectivity index (χ4v) is 1.99. The molecule has 0 amide bonds. The molecule has 0 saturated heterocycles. The molecule has 0 fully saturated rings. The number of ether oxygens (including phenoxy) is 2. The van der Waals surface area contributed by atoms with E-state index >= 15 is 0 Å². The van der Waals surface area contributed by atoms with Gasteiger partial charge in [0, 0.05) is 11.1 Å². The predicted octanol–water partition coefficient (Wildman–Crippen LogP) is 2.63. The van der Waals surface area contributed by atoms with Gasteiger partial charge >= 0.3 is 0 Å². The summed E-state index contributed by atoms with van der Waals surface area (Å²) in [6.45, 7) is 4.19. The molecule has 0 aliphatic rings. The molecule has 2 rings (SSSR count). The van der Waals surface area contributed by atoms with Crippen LogP contribution in [0.3, 0.4) is 0 Å². The van der Waals surface area contributed by atoms with Crippen molar-refractivity contribution in [1.82, 2.24) is 10.2 Å². The first-order valence-electron chi connectivity index (χ1n) is 5.95. The summed E-state index contributed by atoms with van der Waals surface area (Å²) in [7, 11) is 1.63. The summed E-state index contributed by atoms with van der Waals surface area (Å²) in [5.74, 6) is 0.801. The fourth-order valence-electron chi connectivity index (χ4n) is 1.99. The number of benzene rings is 1. The molecule has 1 unspecified atom stereocenters. The number of carbonyl (C=O) groups is 1. The van der Waals surface area contributed by atoms with Gasteiger partial charge in [0.1, 0.15) is 11.9 Å². The molecule has 0 spiro atoms. The molecule has 0 aliphatic carbocycles. The molecule has 0 bridgehead atoms. The van der Waals surface area contributed by atoms with E-state index in [1.807, 2.05) is 31.2 Å². The monoisotopic (exact) mass is 260 g/mol. The van der Waals surface area contributed by atoms with Crippen LogP contribution in [0.1, 0.15) is 24.3 Å². The molecule has 5 heteroatoms. The average Bonchev–Trinajstić information content (AvgIpc) is 2.81. The quantitative estimate of drug-likeness (QED) is 0.839. The fraction of sp³-hybridized carbons (Fsp3) is 0.286. The standard InChI is InChI=1S/C14H16N2O3/c1-9-13(10(2)19-8-17)15-16-14(9)11-4-6-12(18-3)7-5-11/h4-8,10H,1-3H3,(H,15,16). The first-order chi connectivity index (χ1) is 9.17. The van der Waals surface area contributed by atoms with Crippen LogP contribution >= 0.6 is 0 Å². The Hall–Kier alpha value is -2.30. The van der Waals surface area contributed by atoms with Gasteiger partial charge in [-0.25, -0.2) is 0 Å². The summed E-state index contributed by atoms with van der Waals surface area (Å²) in [6, 6.07) is 7.65. The lowest BCUT2D eigenvalue weighted by Gasteiger charge is -2.08. The van der Waals surface area contributed by atoms with E-state index in [4.69, 9.17) is 9.47 Å². The number of methoxy groups -OCH3 is 1. The zero-order chi connectivity index (χ0) is 13.8. The van der Waals surface area contributed by atoms with Gasteiger partial charge in [0.25, 0.3) is 6.47 Å². The molecule has 5 nitrogen and oxygen atoms in total. The Balaban J connectivity index is 2.32. The minimum Gasteiger partial charge on any atom is -0.497 e. The highest BCUT2D eigenvalue weighted by Crippen LogP contribution is 2.28. The minimum absolute atomic E-state index is 0.336. The van der Waals surface area contributed by atoms with Crippen LogP contribution in [0.4, 0.5) is 0 Å². The number of aromatic nitrogens is 2. The highest BCUT2D eigenvalue weighted by Gasteiger charge is 2.16. The molecule has 0 saturated carbocycles. The average molecular weight is 260 g/mol. The van der Waals surface area contributed by atoms with E-state index < -0.39 is 0 Å². The number of aromatic amines is 1. The predicted molar refractivity (Wildman–Crippen MR) is 70.9 cm³/mol. The maximum absolute atomic E-state index is 10.4. The Labute approximate surface area is 111 Å². The SMILES string of the molecule is COc1ccc(-c2n[nH]c(C(C)OC=O)c2C)cc1. The lowest BCUT2D eigenvalue weighted by Crippen LogP contribution is -2.00. The van der Waals surface area contributed by atoms with Gasteiger partial charge < -0.3 is 9.47 Å². The third-order valence-electron chi connectivity index (χ3n) is 3.08. The largest absolute Gasteiger partial charge is 0.497 e. The van der Waals surface area contributed by atoms with Gasteiger partial charge in [-0.05, 0) is 38.1 Å². The van der Waals surface area contributed by atoms with Gasteiger partial charge in [-0.1, -0.05) is 0 Å². The molecule has 1 aromatic heterocycles. The van der Waals surface area contributed by atoms with Gasteiger partial charge in [0.15, 0.2) is 0 Å². The van der Waals surface area contributed by atoms with Crippen LogP contribution in [0.5, 0.6) is 5.75 Å². The van der Waals surface area contributed by atoms with Crippen LogP contribution in [-0.2, 0) is 9.53 Å². The van der Waals surface area contributed by atoms with Gasteiger partial charge in [0.05, 0.1) is 18.5 Å². The lowest BCUT2D eigenvalue weighted by atomic mass is 10.1. The van der Waals surface area contributed by atoms with Crippen molar-refractivity contribution in [3.8, 4) is 17.0 Å². The molecule has 2 aromatic rings. The second kappa shape index (κ2) is 5.56. The molecular formula is C14H16N2O3. The molecule has 0 aliphatic heterocycles. The van der Waals surface area contributed by atoms with E-state index in [0.29, 0.717) is 6.47 Å². The Bertz CT molecular complexity index is 561. The molecule has 19 heavy (non-hydrogen) atoms. The van der Waals surface area contributed by atoms with Crippen LogP contribution in [-0.4, -0.2) is 23.8 Å². The number of rotatable bonds is 5. The normalized spacial score (nSPS) is 11.9. The highest BCUT2D eigenvalue weighted by molar-refractivity contribution is 5.64. The first-order valence-corrected chi connectivity index (χ1v) is 5.95. The number of nitrogens with zero attached hydrogens (tertiary/aromatic N) is 1. The Morgan fingerprint density at radius 2 is 2.00 bits per heavy atom. The highest BCUT2D eigenvalue weighted by atomic mass is 16.5. The van der Waals surface area contributed by atoms with Crippen molar-refractivity contribution in [3.63, 3.8) is 0 Å². The number of hydrogen-bond acceptors (Lipinski definition) is 4. The summed E-state index contributed by atoms with van der Waals surface area (Å²) in [4.78, 5) is 10.4. The molecule has 1 atom stereocenters. The summed E-state index contributed by atoms with van der Waals surface area (Å²) >= 11 is 0. The molecule has 1 aromatic carbocycles. The second-order valence-corrected chi connectivity index (χ2v) is 4.21. The van der Waals surface area contributed by atoms with Crippen molar-refractivity contribution in [2.75, 3.05) is 7.11 Å². The van der Waals surface area contributed by atoms with Crippen molar-refractivity contribution in [3.05, 3.63) is 35.5 Å². The zero-order valence-electron chi connectivity index (χ0n) is 11.1. The van der Waals surface area contributed by atoms with E-state index in [-0.39, 0.29) is 6.10 Å². The lowest BCUT2D eigenvalue weighted by molar-refractivity contribution is -0.133. The number of carbonyl (C=O) groups excluding carboxylic acids is 1. The summed E-state index contributed by atoms with van der Waals surface area (Å²) < 4.78 is 10.0. The Kier molecular flexibility index (Phi) is 3.85. The number of nitrogens with one attached hydrogen (secondary N) is 1. The van der Waals surface area contributed by atoms with Crippen LogP contribution < -0.4 is 4.74 Å². The summed E-state index contributed by atoms with van der Waals surface area (Å²) in [5, 5.41) is 7.20. The van der Waals surface area contributed by atoms with E-state index in [9.17, 15) is 4.79 Å². The van der Waals surface area contributed by atoms with Gasteiger partial charge in [-0.2, -0.15) is 5.10 Å². The topological polar surface area (TPSA) is 64.2 Å². The van der Waals surface area contributed by atoms with E-state index in [1.54, 1.807) is 14.0 Å². The maximum atomic E-state index is 10.4. The maximum Gasteiger partial charge on any atom is 0.293 e. The molecule has 100 valence electrons. The Morgan fingerprint density at radius 1 is 1.32 bits per heavy atom. The van der Waals surface area contributed by atoms with Crippen LogP contribution in [0.2, 0.25) is 0 Å². The minimum atomic E-state index is -0.336. The van der Waals surface area contributed by atoms with Crippen molar-refractivity contribution in [1.29, 1.82) is 0 Å². The first kappa shape index (κ1) is 13.1. The molecular weight excluding hydrogens is 244 g/mol. The van der Waals surface area contributed by atoms with E-state index in [0.717, 1.165) is 28.3 Å². The number of H-pyrrole nitrogens is 1. The smallest absolute Gasteiger partial charge is 0.293 e. The summed E-state index contributed by atoms with van der Waals surface area (Å²) in [6.07, 6.45) is -0.336. The molecule has 1 heterocycles. The van der Waals surface area contributed by atoms with Gasteiger partial charge in [0.2, 0.25) is 0 Å². The van der Waals surface area contributed by atoms with Gasteiger partial charge in [-0.3, -0.25) is 9.89 Å². The van der Waals surface area contributed by atoms with Crippen molar-refractivity contribution < 1.29 is 14.3 Å². The van der Waals surface area contributed by atoms with E-state index in [1.165, 1.54) is 0 Å². The second-order valence-electron chi connectivity index (χ2n) is 4.21. The van der Waals surface area contributed by atoms with Crippen LogP contribution in [0.25, 0.3) is 11.3 Å². The third kappa shape index (κ3) is 2.59. The van der Waals surface area contributed by atoms with Crippen LogP contribution in [0.15, 0.2) is 24.3 Å². The van der Waals surface area contributed by atoms with E-state index in [2.05, 4.69) is 10.2 Å². The van der Waals surface area contributed by atoms with Gasteiger partial charge in [-0.15, -0.1) is 0 Å².